The van der Waals surface area contributed by atoms with Crippen LogP contribution >= 0.6 is 23.2 Å². The van der Waals surface area contributed by atoms with Gasteiger partial charge in [0.2, 0.25) is 0 Å². The Hall–Kier alpha value is -1.23. The predicted molar refractivity (Wildman–Crippen MR) is 82.3 cm³/mol. The molecular formula is C14H17Cl2N3O. The summed E-state index contributed by atoms with van der Waals surface area (Å²) in [6, 6.07) is 5.39. The summed E-state index contributed by atoms with van der Waals surface area (Å²) >= 11 is 12.4. The van der Waals surface area contributed by atoms with Crippen LogP contribution in [-0.2, 0) is 26.6 Å². The second-order valence-electron chi connectivity index (χ2n) is 4.52. The molecule has 2 aromatic rings. The Kier molecular flexibility index (Phi) is 4.91. The molecule has 0 bridgehead atoms. The van der Waals surface area contributed by atoms with Crippen molar-refractivity contribution in [2.24, 2.45) is 7.05 Å². The van der Waals surface area contributed by atoms with Crippen molar-refractivity contribution in [2.45, 2.75) is 26.5 Å². The molecule has 0 amide bonds. The number of nitrogens with zero attached hydrogens (tertiary/aromatic N) is 2. The molecule has 1 aromatic carbocycles. The molecule has 0 aliphatic heterocycles. The van der Waals surface area contributed by atoms with Crippen molar-refractivity contribution in [2.75, 3.05) is 5.32 Å². The topological polar surface area (TPSA) is 50.1 Å². The van der Waals surface area contributed by atoms with Gasteiger partial charge in [-0.05, 0) is 24.1 Å². The van der Waals surface area contributed by atoms with Gasteiger partial charge in [0, 0.05) is 19.2 Å². The SMILES string of the molecule is CCc1nn(C)c(Cl)c1CNc1cc(CO)ccc1Cl. The van der Waals surface area contributed by atoms with E-state index in [2.05, 4.69) is 10.4 Å². The summed E-state index contributed by atoms with van der Waals surface area (Å²) in [5.74, 6) is 0. The highest BCUT2D eigenvalue weighted by Gasteiger charge is 2.13. The Balaban J connectivity index is 2.20. The summed E-state index contributed by atoms with van der Waals surface area (Å²) in [7, 11) is 1.82. The van der Waals surface area contributed by atoms with E-state index in [1.54, 1.807) is 16.8 Å². The average Bonchev–Trinajstić information content (AvgIpc) is 2.73. The Labute approximate surface area is 128 Å². The highest BCUT2D eigenvalue weighted by molar-refractivity contribution is 6.33. The second-order valence-corrected chi connectivity index (χ2v) is 5.28. The van der Waals surface area contributed by atoms with Gasteiger partial charge in [0.25, 0.3) is 0 Å². The number of hydrogen-bond donors (Lipinski definition) is 2. The van der Waals surface area contributed by atoms with E-state index in [1.807, 2.05) is 20.0 Å². The van der Waals surface area contributed by atoms with Crippen molar-refractivity contribution < 1.29 is 5.11 Å². The summed E-state index contributed by atoms with van der Waals surface area (Å²) in [5, 5.41) is 18.0. The van der Waals surface area contributed by atoms with Crippen LogP contribution in [0.25, 0.3) is 0 Å². The maximum Gasteiger partial charge on any atom is 0.131 e. The van der Waals surface area contributed by atoms with E-state index in [0.29, 0.717) is 16.7 Å². The van der Waals surface area contributed by atoms with Gasteiger partial charge in [-0.2, -0.15) is 5.10 Å². The number of benzene rings is 1. The lowest BCUT2D eigenvalue weighted by atomic mass is 10.2. The zero-order valence-corrected chi connectivity index (χ0v) is 13.0. The van der Waals surface area contributed by atoms with Crippen molar-refractivity contribution in [1.82, 2.24) is 9.78 Å². The van der Waals surface area contributed by atoms with E-state index in [9.17, 15) is 0 Å². The minimum absolute atomic E-state index is 0.0142. The van der Waals surface area contributed by atoms with Crippen LogP contribution in [0.1, 0.15) is 23.7 Å². The molecule has 1 heterocycles. The van der Waals surface area contributed by atoms with Crippen molar-refractivity contribution in [3.8, 4) is 0 Å². The van der Waals surface area contributed by atoms with Crippen LogP contribution in [0.3, 0.4) is 0 Å². The number of hydrogen-bond acceptors (Lipinski definition) is 3. The molecule has 0 aliphatic carbocycles. The van der Waals surface area contributed by atoms with Gasteiger partial charge in [0.05, 0.1) is 23.0 Å². The average molecular weight is 314 g/mol. The lowest BCUT2D eigenvalue weighted by Crippen LogP contribution is -2.03. The van der Waals surface area contributed by atoms with E-state index in [-0.39, 0.29) is 6.61 Å². The van der Waals surface area contributed by atoms with Gasteiger partial charge < -0.3 is 10.4 Å². The molecule has 0 spiro atoms. The van der Waals surface area contributed by atoms with Gasteiger partial charge in [-0.25, -0.2) is 0 Å². The summed E-state index contributed by atoms with van der Waals surface area (Å²) in [6.45, 7) is 2.58. The molecular weight excluding hydrogens is 297 g/mol. The fraction of sp³-hybridized carbons (Fsp3) is 0.357. The van der Waals surface area contributed by atoms with Crippen LogP contribution in [0, 0.1) is 0 Å². The first kappa shape index (κ1) is 15.2. The zero-order chi connectivity index (χ0) is 14.7. The number of nitrogens with one attached hydrogen (secondary N) is 1. The van der Waals surface area contributed by atoms with Gasteiger partial charge in [0.1, 0.15) is 5.15 Å². The summed E-state index contributed by atoms with van der Waals surface area (Å²) in [4.78, 5) is 0. The largest absolute Gasteiger partial charge is 0.392 e. The summed E-state index contributed by atoms with van der Waals surface area (Å²) in [6.07, 6.45) is 0.821. The first-order valence-electron chi connectivity index (χ1n) is 6.40. The molecule has 4 nitrogen and oxygen atoms in total. The molecule has 20 heavy (non-hydrogen) atoms. The Morgan fingerprint density at radius 1 is 1.35 bits per heavy atom. The monoisotopic (exact) mass is 313 g/mol. The minimum atomic E-state index is -0.0142. The van der Waals surface area contributed by atoms with Gasteiger partial charge in [-0.3, -0.25) is 4.68 Å². The molecule has 2 rings (SSSR count). The number of aliphatic hydroxyl groups is 1. The number of aryl methyl sites for hydroxylation is 2. The van der Waals surface area contributed by atoms with Crippen LogP contribution in [0.4, 0.5) is 5.69 Å². The molecule has 0 atom stereocenters. The van der Waals surface area contributed by atoms with Crippen LogP contribution in [0.5, 0.6) is 0 Å². The highest BCUT2D eigenvalue weighted by Crippen LogP contribution is 2.26. The number of rotatable bonds is 5. The number of halogens is 2. The smallest absolute Gasteiger partial charge is 0.131 e. The first-order chi connectivity index (χ1) is 9.56. The first-order valence-corrected chi connectivity index (χ1v) is 7.15. The molecule has 6 heteroatoms. The number of aliphatic hydroxyl groups excluding tert-OH is 1. The third-order valence-corrected chi connectivity index (χ3v) is 3.96. The summed E-state index contributed by atoms with van der Waals surface area (Å²) in [5.41, 5.74) is 3.53. The Morgan fingerprint density at radius 3 is 2.75 bits per heavy atom. The van der Waals surface area contributed by atoms with Gasteiger partial charge in [-0.15, -0.1) is 0 Å². The minimum Gasteiger partial charge on any atom is -0.392 e. The standard InChI is InChI=1S/C14H17Cl2N3O/c1-3-12-10(14(16)19(2)18-12)7-17-13-6-9(8-20)4-5-11(13)15/h4-6,17,20H,3,7-8H2,1-2H3. The zero-order valence-electron chi connectivity index (χ0n) is 11.5. The van der Waals surface area contributed by atoms with Crippen LogP contribution in [-0.4, -0.2) is 14.9 Å². The van der Waals surface area contributed by atoms with Gasteiger partial charge >= 0.3 is 0 Å². The second kappa shape index (κ2) is 6.48. The fourth-order valence-electron chi connectivity index (χ4n) is 2.05. The molecule has 2 N–H and O–H groups in total. The van der Waals surface area contributed by atoms with Gasteiger partial charge in [-0.1, -0.05) is 36.2 Å². The Morgan fingerprint density at radius 2 is 2.10 bits per heavy atom. The van der Waals surface area contributed by atoms with Crippen molar-refractivity contribution in [1.29, 1.82) is 0 Å². The van der Waals surface area contributed by atoms with Crippen LogP contribution < -0.4 is 5.32 Å². The van der Waals surface area contributed by atoms with Crippen LogP contribution in [0.2, 0.25) is 10.2 Å². The number of aromatic nitrogens is 2. The maximum atomic E-state index is 9.16. The third kappa shape index (κ3) is 3.08. The van der Waals surface area contributed by atoms with Crippen molar-refractivity contribution in [3.05, 3.63) is 45.2 Å². The number of anilines is 1. The molecule has 1 aromatic heterocycles. The van der Waals surface area contributed by atoms with Crippen LogP contribution in [0.15, 0.2) is 18.2 Å². The maximum absolute atomic E-state index is 9.16. The fourth-order valence-corrected chi connectivity index (χ4v) is 2.45. The van der Waals surface area contributed by atoms with E-state index in [0.717, 1.165) is 28.9 Å². The van der Waals surface area contributed by atoms with Crippen molar-refractivity contribution in [3.63, 3.8) is 0 Å². The van der Waals surface area contributed by atoms with E-state index >= 15 is 0 Å². The van der Waals surface area contributed by atoms with E-state index in [4.69, 9.17) is 28.3 Å². The molecule has 0 fully saturated rings. The molecule has 0 aliphatic rings. The third-order valence-electron chi connectivity index (χ3n) is 3.16. The summed E-state index contributed by atoms with van der Waals surface area (Å²) < 4.78 is 1.67. The highest BCUT2D eigenvalue weighted by atomic mass is 35.5. The molecule has 108 valence electrons. The normalized spacial score (nSPS) is 10.8. The molecule has 0 saturated carbocycles. The van der Waals surface area contributed by atoms with Gasteiger partial charge in [0.15, 0.2) is 0 Å². The Bertz CT molecular complexity index is 611. The molecule has 0 unspecified atom stereocenters. The predicted octanol–water partition coefficient (Wildman–Crippen LogP) is 3.39. The molecule has 0 saturated heterocycles. The lowest BCUT2D eigenvalue weighted by Gasteiger charge is -2.10. The van der Waals surface area contributed by atoms with E-state index in [1.165, 1.54) is 0 Å². The lowest BCUT2D eigenvalue weighted by molar-refractivity contribution is 0.282. The van der Waals surface area contributed by atoms with Crippen molar-refractivity contribution >= 4 is 28.9 Å². The quantitative estimate of drug-likeness (QED) is 0.889. The van der Waals surface area contributed by atoms with E-state index < -0.39 is 0 Å². The molecule has 0 radical (unpaired) electrons.